The van der Waals surface area contributed by atoms with E-state index in [1.165, 1.54) is 161 Å². The number of unbranched alkanes of at least 4 members (excludes halogenated alkanes) is 40. The van der Waals surface area contributed by atoms with Crippen LogP contribution in [0.3, 0.4) is 0 Å². The molecule has 0 aromatic carbocycles. The molecule has 0 aromatic heterocycles. The maximum Gasteiger partial charge on any atom is 0.472 e. The molecule has 19 heteroatoms. The van der Waals surface area contributed by atoms with Gasteiger partial charge in [0.2, 0.25) is 0 Å². The Morgan fingerprint density at radius 1 is 0.310 bits per heavy atom. The van der Waals surface area contributed by atoms with Crippen molar-refractivity contribution in [1.82, 2.24) is 0 Å². The molecule has 0 fully saturated rings. The van der Waals surface area contributed by atoms with Gasteiger partial charge >= 0.3 is 39.5 Å². The number of aliphatic hydroxyl groups is 1. The highest BCUT2D eigenvalue weighted by Crippen LogP contribution is 2.45. The van der Waals surface area contributed by atoms with Crippen LogP contribution in [0.15, 0.2) is 0 Å². The van der Waals surface area contributed by atoms with Crippen molar-refractivity contribution in [3.05, 3.63) is 0 Å². The van der Waals surface area contributed by atoms with E-state index in [9.17, 15) is 43.2 Å². The molecule has 17 nitrogen and oxygen atoms in total. The molecular formula is C68H132O17P2. The Morgan fingerprint density at radius 3 is 0.782 bits per heavy atom. The van der Waals surface area contributed by atoms with Crippen molar-refractivity contribution >= 4 is 39.5 Å². The number of carbonyl (C=O) groups excluding carboxylic acids is 4. The van der Waals surface area contributed by atoms with Crippen LogP contribution in [0, 0.1) is 5.92 Å². The molecule has 516 valence electrons. The van der Waals surface area contributed by atoms with Crippen LogP contribution in [0.2, 0.25) is 0 Å². The number of aliphatic hydroxyl groups excluding tert-OH is 1. The van der Waals surface area contributed by atoms with Crippen molar-refractivity contribution in [1.29, 1.82) is 0 Å². The molecule has 0 rings (SSSR count). The average Bonchev–Trinajstić information content (AvgIpc) is 3.69. The highest BCUT2D eigenvalue weighted by atomic mass is 31.2. The Hall–Kier alpha value is -1.94. The Morgan fingerprint density at radius 2 is 0.529 bits per heavy atom. The van der Waals surface area contributed by atoms with Crippen molar-refractivity contribution < 1.29 is 80.2 Å². The van der Waals surface area contributed by atoms with Gasteiger partial charge in [-0.3, -0.25) is 37.3 Å². The normalized spacial score (nSPS) is 14.1. The van der Waals surface area contributed by atoms with Gasteiger partial charge in [-0.25, -0.2) is 9.13 Å². The number of carbonyl (C=O) groups is 4. The lowest BCUT2D eigenvalue weighted by Crippen LogP contribution is -2.30. The van der Waals surface area contributed by atoms with Gasteiger partial charge in [0.25, 0.3) is 0 Å². The first kappa shape index (κ1) is 85.1. The van der Waals surface area contributed by atoms with E-state index in [-0.39, 0.29) is 25.7 Å². The van der Waals surface area contributed by atoms with Crippen LogP contribution in [-0.4, -0.2) is 96.7 Å². The van der Waals surface area contributed by atoms with Crippen LogP contribution < -0.4 is 0 Å². The zero-order valence-electron chi connectivity index (χ0n) is 56.2. The summed E-state index contributed by atoms with van der Waals surface area (Å²) < 4.78 is 68.1. The second kappa shape index (κ2) is 61.6. The van der Waals surface area contributed by atoms with Crippen molar-refractivity contribution in [2.45, 2.75) is 368 Å². The molecule has 0 saturated heterocycles. The fraction of sp³-hybridized carbons (Fsp3) is 0.941. The first-order valence-corrected chi connectivity index (χ1v) is 38.6. The number of esters is 4. The Balaban J connectivity index is 5.19. The molecule has 87 heavy (non-hydrogen) atoms. The fourth-order valence-electron chi connectivity index (χ4n) is 10.3. The molecular weight excluding hydrogens is 1150 g/mol. The van der Waals surface area contributed by atoms with Crippen molar-refractivity contribution in [2.75, 3.05) is 39.6 Å². The highest BCUT2D eigenvalue weighted by molar-refractivity contribution is 7.47. The van der Waals surface area contributed by atoms with E-state index in [0.29, 0.717) is 25.7 Å². The molecule has 2 unspecified atom stereocenters. The summed E-state index contributed by atoms with van der Waals surface area (Å²) >= 11 is 0. The molecule has 0 amide bonds. The van der Waals surface area contributed by atoms with E-state index in [2.05, 4.69) is 34.6 Å². The molecule has 0 bridgehead atoms. The third-order valence-electron chi connectivity index (χ3n) is 15.8. The third kappa shape index (κ3) is 62.6. The van der Waals surface area contributed by atoms with Gasteiger partial charge in [-0.15, -0.1) is 0 Å². The molecule has 0 saturated carbocycles. The predicted molar refractivity (Wildman–Crippen MR) is 349 cm³/mol. The van der Waals surface area contributed by atoms with E-state index in [4.69, 9.17) is 37.0 Å². The number of ether oxygens (including phenoxy) is 4. The number of hydrogen-bond acceptors (Lipinski definition) is 15. The molecule has 3 N–H and O–H groups in total. The summed E-state index contributed by atoms with van der Waals surface area (Å²) in [6.07, 6.45) is 47.3. The summed E-state index contributed by atoms with van der Waals surface area (Å²) in [5.74, 6) is -1.34. The quantitative estimate of drug-likeness (QED) is 0.0222. The smallest absolute Gasteiger partial charge is 0.462 e. The number of hydrogen-bond donors (Lipinski definition) is 3. The molecule has 0 aromatic rings. The summed E-state index contributed by atoms with van der Waals surface area (Å²) in [6, 6.07) is 0. The van der Waals surface area contributed by atoms with Crippen LogP contribution in [0.25, 0.3) is 0 Å². The minimum absolute atomic E-state index is 0.105. The van der Waals surface area contributed by atoms with Gasteiger partial charge < -0.3 is 33.8 Å². The number of rotatable bonds is 68. The molecule has 0 radical (unpaired) electrons. The monoisotopic (exact) mass is 1280 g/mol. The molecule has 5 atom stereocenters. The zero-order valence-corrected chi connectivity index (χ0v) is 57.9. The zero-order chi connectivity index (χ0) is 64.2. The largest absolute Gasteiger partial charge is 0.472 e. The van der Waals surface area contributed by atoms with Gasteiger partial charge in [-0.2, -0.15) is 0 Å². The summed E-state index contributed by atoms with van der Waals surface area (Å²) in [6.45, 7) is 7.20. The Labute approximate surface area is 530 Å². The highest BCUT2D eigenvalue weighted by Gasteiger charge is 2.30. The molecule has 0 aliphatic carbocycles. The van der Waals surface area contributed by atoms with Gasteiger partial charge in [0.1, 0.15) is 19.3 Å². The van der Waals surface area contributed by atoms with E-state index in [0.717, 1.165) is 109 Å². The van der Waals surface area contributed by atoms with Crippen molar-refractivity contribution in [2.24, 2.45) is 5.92 Å². The second-order valence-electron chi connectivity index (χ2n) is 25.0. The number of phosphoric ester groups is 2. The molecule has 0 spiro atoms. The van der Waals surface area contributed by atoms with Crippen LogP contribution >= 0.6 is 15.6 Å². The first-order chi connectivity index (χ1) is 42.0. The molecule has 0 heterocycles. The van der Waals surface area contributed by atoms with Gasteiger partial charge in [0.05, 0.1) is 26.4 Å². The van der Waals surface area contributed by atoms with E-state index < -0.39 is 97.5 Å². The van der Waals surface area contributed by atoms with Crippen molar-refractivity contribution in [3.8, 4) is 0 Å². The lowest BCUT2D eigenvalue weighted by atomic mass is 10.0. The third-order valence-corrected chi connectivity index (χ3v) is 17.7. The predicted octanol–water partition coefficient (Wildman–Crippen LogP) is 19.4. The first-order valence-electron chi connectivity index (χ1n) is 35.6. The minimum Gasteiger partial charge on any atom is -0.462 e. The van der Waals surface area contributed by atoms with Gasteiger partial charge in [-0.05, 0) is 31.6 Å². The van der Waals surface area contributed by atoms with E-state index in [1.807, 2.05) is 0 Å². The SMILES string of the molecule is CCCCCCCCCCCCCCCCCC(=O)OC[C@H](COP(=O)(O)OC[C@@H](O)COP(=O)(O)OC[C@@H](COC(=O)CCCCCCCCCC)OC(=O)CCCCCCCCCC)OC(=O)CCCCCCCCCCCCCCCC(C)C. The van der Waals surface area contributed by atoms with Crippen LogP contribution in [0.4, 0.5) is 0 Å². The minimum atomic E-state index is -4.95. The standard InChI is InChI=1S/C68H132O17P2/c1-6-9-12-15-18-21-22-23-24-27-30-33-38-42-47-52-66(71)79-58-64(85-68(73)54-49-44-39-34-31-28-25-26-29-32-35-40-45-50-61(4)5)60-83-87(76,77)81-56-62(69)55-80-86(74,75)82-59-63(84-67(72)53-48-43-37-20-17-14-11-8-3)57-78-65(70)51-46-41-36-19-16-13-10-7-2/h61-64,69H,6-60H2,1-5H3,(H,74,75)(H,76,77)/t62-,63+,64+/m0/s1. The van der Waals surface area contributed by atoms with E-state index in [1.54, 1.807) is 0 Å². The second-order valence-corrected chi connectivity index (χ2v) is 27.9. The van der Waals surface area contributed by atoms with Gasteiger partial charge in [0.15, 0.2) is 12.2 Å². The lowest BCUT2D eigenvalue weighted by Gasteiger charge is -2.21. The lowest BCUT2D eigenvalue weighted by molar-refractivity contribution is -0.161. The Bertz CT molecular complexity index is 1690. The number of phosphoric acid groups is 2. The van der Waals surface area contributed by atoms with Crippen LogP contribution in [0.1, 0.15) is 349 Å². The summed E-state index contributed by atoms with van der Waals surface area (Å²) in [4.78, 5) is 72.3. The maximum atomic E-state index is 13.0. The Kier molecular flexibility index (Phi) is 60.2. The summed E-state index contributed by atoms with van der Waals surface area (Å²) in [7, 11) is -9.89. The van der Waals surface area contributed by atoms with Crippen LogP contribution in [-0.2, 0) is 65.4 Å². The maximum absolute atomic E-state index is 13.0. The summed E-state index contributed by atoms with van der Waals surface area (Å²) in [5, 5.41) is 10.5. The topological polar surface area (TPSA) is 237 Å². The molecule has 0 aliphatic heterocycles. The fourth-order valence-corrected chi connectivity index (χ4v) is 11.9. The van der Waals surface area contributed by atoms with Gasteiger partial charge in [-0.1, -0.05) is 298 Å². The van der Waals surface area contributed by atoms with E-state index >= 15 is 0 Å². The van der Waals surface area contributed by atoms with Crippen molar-refractivity contribution in [3.63, 3.8) is 0 Å². The average molecular weight is 1280 g/mol. The van der Waals surface area contributed by atoms with Gasteiger partial charge in [0, 0.05) is 25.7 Å². The summed E-state index contributed by atoms with van der Waals surface area (Å²) in [5.41, 5.74) is 0. The van der Waals surface area contributed by atoms with Crippen LogP contribution in [0.5, 0.6) is 0 Å². The molecule has 0 aliphatic rings.